The van der Waals surface area contributed by atoms with Gasteiger partial charge in [0.2, 0.25) is 0 Å². The highest BCUT2D eigenvalue weighted by molar-refractivity contribution is 5.95. The third kappa shape index (κ3) is 4.67. The largest absolute Gasteiger partial charge is 0.496 e. The second-order valence-electron chi connectivity index (χ2n) is 6.20. The molecule has 1 unspecified atom stereocenters. The molecule has 0 heterocycles. The quantitative estimate of drug-likeness (QED) is 0.660. The van der Waals surface area contributed by atoms with E-state index in [4.69, 9.17) is 9.47 Å². The monoisotopic (exact) mass is 361 g/mol. The molecule has 0 saturated carbocycles. The van der Waals surface area contributed by atoms with Crippen LogP contribution in [0.5, 0.6) is 11.5 Å². The topological polar surface area (TPSA) is 47.6 Å². The van der Waals surface area contributed by atoms with Crippen molar-refractivity contribution in [2.45, 2.75) is 19.6 Å². The molecule has 0 aliphatic rings. The molecule has 4 heteroatoms. The van der Waals surface area contributed by atoms with E-state index in [1.807, 2.05) is 85.8 Å². The molecule has 4 nitrogen and oxygen atoms in total. The fraction of sp³-hybridized carbons (Fsp3) is 0.174. The van der Waals surface area contributed by atoms with Crippen molar-refractivity contribution in [1.82, 2.24) is 5.32 Å². The van der Waals surface area contributed by atoms with Gasteiger partial charge in [-0.15, -0.1) is 0 Å². The summed E-state index contributed by atoms with van der Waals surface area (Å²) in [5.41, 5.74) is 2.38. The molecule has 1 atom stereocenters. The Morgan fingerprint density at radius 1 is 0.926 bits per heavy atom. The SMILES string of the molecule is COc1ccccc1C(C)NC(=O)c1ccccc1COc1ccccc1. The summed E-state index contributed by atoms with van der Waals surface area (Å²) in [7, 11) is 1.63. The van der Waals surface area contributed by atoms with E-state index in [2.05, 4.69) is 5.32 Å². The smallest absolute Gasteiger partial charge is 0.252 e. The minimum atomic E-state index is -0.184. The summed E-state index contributed by atoms with van der Waals surface area (Å²) in [5, 5.41) is 3.05. The summed E-state index contributed by atoms with van der Waals surface area (Å²) < 4.78 is 11.2. The van der Waals surface area contributed by atoms with Gasteiger partial charge in [-0.25, -0.2) is 0 Å². The second-order valence-corrected chi connectivity index (χ2v) is 6.20. The van der Waals surface area contributed by atoms with Crippen LogP contribution in [0.1, 0.15) is 34.5 Å². The van der Waals surface area contributed by atoms with E-state index in [1.54, 1.807) is 7.11 Å². The van der Waals surface area contributed by atoms with Crippen molar-refractivity contribution in [1.29, 1.82) is 0 Å². The van der Waals surface area contributed by atoms with Crippen LogP contribution in [-0.2, 0) is 6.61 Å². The van der Waals surface area contributed by atoms with Gasteiger partial charge in [0.25, 0.3) is 5.91 Å². The van der Waals surface area contributed by atoms with Crippen molar-refractivity contribution in [2.24, 2.45) is 0 Å². The van der Waals surface area contributed by atoms with Crippen LogP contribution in [0.25, 0.3) is 0 Å². The summed E-state index contributed by atoms with van der Waals surface area (Å²) in [5.74, 6) is 1.39. The molecule has 3 aromatic rings. The third-order valence-electron chi connectivity index (χ3n) is 4.35. The van der Waals surface area contributed by atoms with Crippen molar-refractivity contribution in [2.75, 3.05) is 7.11 Å². The highest BCUT2D eigenvalue weighted by Gasteiger charge is 2.17. The molecule has 138 valence electrons. The molecular weight excluding hydrogens is 338 g/mol. The minimum Gasteiger partial charge on any atom is -0.496 e. The number of benzene rings is 3. The first-order chi connectivity index (χ1) is 13.2. The molecular formula is C23H23NO3. The average molecular weight is 361 g/mol. The Balaban J connectivity index is 1.73. The first kappa shape index (κ1) is 18.5. The summed E-state index contributed by atoms with van der Waals surface area (Å²) in [6.07, 6.45) is 0. The maximum absolute atomic E-state index is 12.9. The van der Waals surface area contributed by atoms with Gasteiger partial charge in [0.15, 0.2) is 0 Å². The molecule has 0 bridgehead atoms. The van der Waals surface area contributed by atoms with E-state index in [0.717, 1.165) is 22.6 Å². The van der Waals surface area contributed by atoms with Gasteiger partial charge in [-0.3, -0.25) is 4.79 Å². The number of rotatable bonds is 7. The Labute approximate surface area is 159 Å². The first-order valence-electron chi connectivity index (χ1n) is 8.88. The second kappa shape index (κ2) is 8.90. The number of amides is 1. The zero-order valence-electron chi connectivity index (χ0n) is 15.5. The lowest BCUT2D eigenvalue weighted by Crippen LogP contribution is -2.28. The van der Waals surface area contributed by atoms with E-state index < -0.39 is 0 Å². The van der Waals surface area contributed by atoms with Crippen LogP contribution in [0.2, 0.25) is 0 Å². The highest BCUT2D eigenvalue weighted by Crippen LogP contribution is 2.25. The van der Waals surface area contributed by atoms with Crippen LogP contribution >= 0.6 is 0 Å². The van der Waals surface area contributed by atoms with Crippen LogP contribution in [0.4, 0.5) is 0 Å². The highest BCUT2D eigenvalue weighted by atomic mass is 16.5. The molecule has 0 spiro atoms. The van der Waals surface area contributed by atoms with Gasteiger partial charge in [-0.1, -0.05) is 54.6 Å². The zero-order valence-corrected chi connectivity index (χ0v) is 15.5. The Morgan fingerprint density at radius 3 is 2.37 bits per heavy atom. The molecule has 1 amide bonds. The van der Waals surface area contributed by atoms with Gasteiger partial charge >= 0.3 is 0 Å². The molecule has 3 aromatic carbocycles. The van der Waals surface area contributed by atoms with Crippen molar-refractivity contribution in [3.05, 3.63) is 95.6 Å². The summed E-state index contributed by atoms with van der Waals surface area (Å²) in [6.45, 7) is 2.27. The number of hydrogen-bond donors (Lipinski definition) is 1. The molecule has 0 aliphatic carbocycles. The van der Waals surface area contributed by atoms with Crippen LogP contribution in [-0.4, -0.2) is 13.0 Å². The van der Waals surface area contributed by atoms with Gasteiger partial charge in [-0.05, 0) is 31.2 Å². The molecule has 0 radical (unpaired) electrons. The van der Waals surface area contributed by atoms with Crippen molar-refractivity contribution in [3.63, 3.8) is 0 Å². The predicted molar refractivity (Wildman–Crippen MR) is 106 cm³/mol. The lowest BCUT2D eigenvalue weighted by molar-refractivity contribution is 0.0937. The zero-order chi connectivity index (χ0) is 19.1. The summed E-state index contributed by atoms with van der Waals surface area (Å²) in [6, 6.07) is 24.6. The van der Waals surface area contributed by atoms with Crippen molar-refractivity contribution < 1.29 is 14.3 Å². The van der Waals surface area contributed by atoms with Crippen LogP contribution in [0, 0.1) is 0 Å². The van der Waals surface area contributed by atoms with Gasteiger partial charge in [0.05, 0.1) is 13.2 Å². The van der Waals surface area contributed by atoms with Crippen LogP contribution in [0.3, 0.4) is 0 Å². The number of hydrogen-bond acceptors (Lipinski definition) is 3. The van der Waals surface area contributed by atoms with E-state index in [9.17, 15) is 4.79 Å². The molecule has 0 fully saturated rings. The van der Waals surface area contributed by atoms with Gasteiger partial charge < -0.3 is 14.8 Å². The maximum atomic E-state index is 12.9. The minimum absolute atomic E-state index is 0.138. The number of ether oxygens (including phenoxy) is 2. The number of methoxy groups -OCH3 is 1. The van der Waals surface area contributed by atoms with E-state index in [1.165, 1.54) is 0 Å². The standard InChI is InChI=1S/C23H23NO3/c1-17(20-13-8-9-15-22(20)26-2)24-23(25)21-14-7-6-10-18(21)16-27-19-11-4-3-5-12-19/h3-15,17H,16H2,1-2H3,(H,24,25). The number of nitrogens with one attached hydrogen (secondary N) is 1. The lowest BCUT2D eigenvalue weighted by Gasteiger charge is -2.18. The van der Waals surface area contributed by atoms with Crippen LogP contribution < -0.4 is 14.8 Å². The Kier molecular flexibility index (Phi) is 6.10. The normalized spacial score (nSPS) is 11.5. The average Bonchev–Trinajstić information content (AvgIpc) is 2.73. The van der Waals surface area contributed by atoms with E-state index in [0.29, 0.717) is 12.2 Å². The Hall–Kier alpha value is -3.27. The molecule has 1 N–H and O–H groups in total. The number of carbonyl (C=O) groups excluding carboxylic acids is 1. The molecule has 0 aliphatic heterocycles. The predicted octanol–water partition coefficient (Wildman–Crippen LogP) is 4.77. The maximum Gasteiger partial charge on any atom is 0.252 e. The van der Waals surface area contributed by atoms with Crippen molar-refractivity contribution in [3.8, 4) is 11.5 Å². The van der Waals surface area contributed by atoms with Gasteiger partial charge in [-0.2, -0.15) is 0 Å². The van der Waals surface area contributed by atoms with Gasteiger partial charge in [0, 0.05) is 16.7 Å². The third-order valence-corrected chi connectivity index (χ3v) is 4.35. The molecule has 27 heavy (non-hydrogen) atoms. The summed E-state index contributed by atoms with van der Waals surface area (Å²) in [4.78, 5) is 12.9. The summed E-state index contributed by atoms with van der Waals surface area (Å²) >= 11 is 0. The number of carbonyl (C=O) groups is 1. The first-order valence-corrected chi connectivity index (χ1v) is 8.88. The fourth-order valence-corrected chi connectivity index (χ4v) is 2.92. The van der Waals surface area contributed by atoms with Crippen molar-refractivity contribution >= 4 is 5.91 Å². The molecule has 0 aromatic heterocycles. The lowest BCUT2D eigenvalue weighted by atomic mass is 10.0. The van der Waals surface area contributed by atoms with Crippen LogP contribution in [0.15, 0.2) is 78.9 Å². The van der Waals surface area contributed by atoms with E-state index >= 15 is 0 Å². The van der Waals surface area contributed by atoms with E-state index in [-0.39, 0.29) is 11.9 Å². The molecule has 3 rings (SSSR count). The Morgan fingerprint density at radius 2 is 1.59 bits per heavy atom. The van der Waals surface area contributed by atoms with Gasteiger partial charge in [0.1, 0.15) is 18.1 Å². The molecule has 0 saturated heterocycles. The Bertz CT molecular complexity index is 893. The fourth-order valence-electron chi connectivity index (χ4n) is 2.92. The number of para-hydroxylation sites is 2.